The molecule has 1 unspecified atom stereocenters. The lowest BCUT2D eigenvalue weighted by Gasteiger charge is -2.27. The van der Waals surface area contributed by atoms with E-state index in [2.05, 4.69) is 15.5 Å². The molecule has 10 heteroatoms. The predicted octanol–water partition coefficient (Wildman–Crippen LogP) is 6.63. The van der Waals surface area contributed by atoms with E-state index in [0.29, 0.717) is 18.8 Å². The summed E-state index contributed by atoms with van der Waals surface area (Å²) in [5, 5.41) is 13.4. The highest BCUT2D eigenvalue weighted by atomic mass is 32.1. The summed E-state index contributed by atoms with van der Waals surface area (Å²) in [6.45, 7) is 15.9. The number of anilines is 1. The quantitative estimate of drug-likeness (QED) is 0.394. The zero-order chi connectivity index (χ0) is 26.0. The molecule has 0 bridgehead atoms. The van der Waals surface area contributed by atoms with E-state index < -0.39 is 23.4 Å². The van der Waals surface area contributed by atoms with Crippen molar-refractivity contribution < 1.29 is 19.1 Å². The van der Waals surface area contributed by atoms with Crippen molar-refractivity contribution in [2.24, 2.45) is 0 Å². The van der Waals surface area contributed by atoms with Crippen molar-refractivity contribution in [3.05, 3.63) is 39.0 Å². The van der Waals surface area contributed by atoms with Gasteiger partial charge in [0.05, 0.1) is 23.1 Å². The second-order valence-corrected chi connectivity index (χ2v) is 12.5. The van der Waals surface area contributed by atoms with Crippen LogP contribution in [0, 0.1) is 6.92 Å². The van der Waals surface area contributed by atoms with Crippen molar-refractivity contribution in [1.82, 2.24) is 15.5 Å². The number of nitrogens with one attached hydrogen (secondary N) is 1. The summed E-state index contributed by atoms with van der Waals surface area (Å²) in [6.07, 6.45) is 0.728. The van der Waals surface area contributed by atoms with Crippen molar-refractivity contribution in [2.75, 3.05) is 11.4 Å². The molecule has 0 saturated carbocycles. The Hall–Kier alpha value is -2.72. The number of hydrogen-bond acceptors (Lipinski definition) is 8. The molecule has 3 heterocycles. The molecule has 8 nitrogen and oxygen atoms in total. The summed E-state index contributed by atoms with van der Waals surface area (Å²) < 4.78 is 11.9. The lowest BCUT2D eigenvalue weighted by molar-refractivity contribution is 0.0523. The van der Waals surface area contributed by atoms with Crippen LogP contribution in [0.25, 0.3) is 10.2 Å². The van der Waals surface area contributed by atoms with Gasteiger partial charge in [-0.05, 0) is 65.5 Å². The van der Waals surface area contributed by atoms with Gasteiger partial charge in [-0.1, -0.05) is 13.0 Å². The second kappa shape index (κ2) is 10.5. The Labute approximate surface area is 214 Å². The highest BCUT2D eigenvalue weighted by Gasteiger charge is 2.28. The van der Waals surface area contributed by atoms with Gasteiger partial charge >= 0.3 is 12.2 Å². The molecule has 2 amide bonds. The van der Waals surface area contributed by atoms with E-state index >= 15 is 0 Å². The van der Waals surface area contributed by atoms with Crippen molar-refractivity contribution in [1.29, 1.82) is 0 Å². The molecule has 0 fully saturated rings. The van der Waals surface area contributed by atoms with Gasteiger partial charge in [-0.15, -0.1) is 27.8 Å². The van der Waals surface area contributed by atoms with Crippen LogP contribution < -0.4 is 10.2 Å². The van der Waals surface area contributed by atoms with Crippen LogP contribution in [0.5, 0.6) is 0 Å². The Morgan fingerprint density at radius 2 is 1.83 bits per heavy atom. The Morgan fingerprint density at radius 3 is 2.43 bits per heavy atom. The number of aromatic nitrogens is 2. The molecule has 190 valence electrons. The first-order chi connectivity index (χ1) is 16.2. The molecule has 3 aromatic rings. The van der Waals surface area contributed by atoms with Gasteiger partial charge < -0.3 is 14.8 Å². The maximum absolute atomic E-state index is 13.2. The van der Waals surface area contributed by atoms with Crippen LogP contribution in [0.4, 0.5) is 15.3 Å². The van der Waals surface area contributed by atoms with Crippen molar-refractivity contribution in [3.63, 3.8) is 0 Å². The van der Waals surface area contributed by atoms with Gasteiger partial charge in [0.1, 0.15) is 16.7 Å². The van der Waals surface area contributed by atoms with E-state index in [-0.39, 0.29) is 5.92 Å². The van der Waals surface area contributed by atoms with E-state index in [9.17, 15) is 9.59 Å². The van der Waals surface area contributed by atoms with Gasteiger partial charge in [0.15, 0.2) is 0 Å². The lowest BCUT2D eigenvalue weighted by atomic mass is 10.1. The van der Waals surface area contributed by atoms with Gasteiger partial charge in [-0.3, -0.25) is 4.90 Å². The molecule has 0 saturated heterocycles. The fourth-order valence-corrected chi connectivity index (χ4v) is 5.45. The number of aryl methyl sites for hydroxylation is 1. The maximum atomic E-state index is 13.2. The first-order valence-corrected chi connectivity index (χ1v) is 13.2. The monoisotopic (exact) mass is 518 g/mol. The Balaban J connectivity index is 1.93. The summed E-state index contributed by atoms with van der Waals surface area (Å²) in [6, 6.07) is 3.95. The first kappa shape index (κ1) is 26.9. The number of hydrogen-bond donors (Lipinski definition) is 1. The average molecular weight is 519 g/mol. The number of rotatable bonds is 6. The highest BCUT2D eigenvalue weighted by Crippen LogP contribution is 2.40. The summed E-state index contributed by atoms with van der Waals surface area (Å²) in [5.41, 5.74) is 1.19. The number of carbonyl (C=O) groups is 2. The maximum Gasteiger partial charge on any atom is 0.415 e. The summed E-state index contributed by atoms with van der Waals surface area (Å²) in [4.78, 5) is 29.1. The van der Waals surface area contributed by atoms with Gasteiger partial charge in [-0.2, -0.15) is 5.10 Å². The largest absolute Gasteiger partial charge is 0.444 e. The standard InChI is InChI=1S/C25H34N4O4S2/c1-15(12-26-22(30)32-24(3,4)5)20-16(2)19-21(35-20)18(13-27-28-19)29(14-17-10-9-11-34-17)23(31)33-25(6,7)8/h9-11,13,15H,12,14H2,1-8H3,(H,26,30). The van der Waals surface area contributed by atoms with Crippen LogP contribution >= 0.6 is 22.7 Å². The summed E-state index contributed by atoms with van der Waals surface area (Å²) in [7, 11) is 0. The topological polar surface area (TPSA) is 93.7 Å². The molecule has 0 spiro atoms. The molecular weight excluding hydrogens is 484 g/mol. The van der Waals surface area contributed by atoms with Crippen molar-refractivity contribution >= 4 is 50.8 Å². The number of ether oxygens (including phenoxy) is 2. The van der Waals surface area contributed by atoms with Crippen LogP contribution in [0.1, 0.15) is 69.7 Å². The van der Waals surface area contributed by atoms with Crippen molar-refractivity contribution in [3.8, 4) is 0 Å². The molecule has 3 aromatic heterocycles. The molecule has 35 heavy (non-hydrogen) atoms. The zero-order valence-electron chi connectivity index (χ0n) is 21.6. The molecular formula is C25H34N4O4S2. The number of fused-ring (bicyclic) bond motifs is 1. The minimum absolute atomic E-state index is 0.0156. The summed E-state index contributed by atoms with van der Waals surface area (Å²) >= 11 is 3.14. The van der Waals surface area contributed by atoms with Gasteiger partial charge in [0.2, 0.25) is 0 Å². The molecule has 0 aromatic carbocycles. The molecule has 1 N–H and O–H groups in total. The third kappa shape index (κ3) is 7.14. The molecule has 1 atom stereocenters. The smallest absolute Gasteiger partial charge is 0.415 e. The minimum Gasteiger partial charge on any atom is -0.444 e. The van der Waals surface area contributed by atoms with Crippen LogP contribution in [0.15, 0.2) is 23.7 Å². The molecule has 3 rings (SSSR count). The van der Waals surface area contributed by atoms with Crippen LogP contribution in [0.2, 0.25) is 0 Å². The van der Waals surface area contributed by atoms with Crippen LogP contribution in [-0.4, -0.2) is 40.1 Å². The number of nitrogens with zero attached hydrogens (tertiary/aromatic N) is 3. The highest BCUT2D eigenvalue weighted by molar-refractivity contribution is 7.20. The fourth-order valence-electron chi connectivity index (χ4n) is 3.44. The third-order valence-corrected chi connectivity index (χ3v) is 7.32. The van der Waals surface area contributed by atoms with E-state index in [0.717, 1.165) is 25.5 Å². The van der Waals surface area contributed by atoms with Crippen molar-refractivity contribution in [2.45, 2.75) is 79.1 Å². The van der Waals surface area contributed by atoms with Crippen LogP contribution in [-0.2, 0) is 16.0 Å². The molecule has 0 aliphatic heterocycles. The van der Waals surface area contributed by atoms with E-state index in [1.54, 1.807) is 33.8 Å². The van der Waals surface area contributed by atoms with Crippen LogP contribution in [0.3, 0.4) is 0 Å². The van der Waals surface area contributed by atoms with E-state index in [1.807, 2.05) is 72.9 Å². The fraction of sp³-hybridized carbons (Fsp3) is 0.520. The Kier molecular flexibility index (Phi) is 8.06. The van der Waals surface area contributed by atoms with E-state index in [1.165, 1.54) is 0 Å². The number of alkyl carbamates (subject to hydrolysis) is 1. The number of thiophene rings is 2. The normalized spacial score (nSPS) is 12.9. The molecule has 0 aliphatic carbocycles. The Bertz CT molecular complexity index is 1180. The molecule has 0 aliphatic rings. The third-order valence-electron chi connectivity index (χ3n) is 4.92. The van der Waals surface area contributed by atoms with Gasteiger partial charge in [0.25, 0.3) is 0 Å². The lowest BCUT2D eigenvalue weighted by Crippen LogP contribution is -2.36. The predicted molar refractivity (Wildman–Crippen MR) is 142 cm³/mol. The first-order valence-electron chi connectivity index (χ1n) is 11.5. The van der Waals surface area contributed by atoms with E-state index in [4.69, 9.17) is 9.47 Å². The van der Waals surface area contributed by atoms with Gasteiger partial charge in [0, 0.05) is 22.2 Å². The minimum atomic E-state index is -0.636. The van der Waals surface area contributed by atoms with Gasteiger partial charge in [-0.25, -0.2) is 9.59 Å². The average Bonchev–Trinajstić information content (AvgIpc) is 3.36. The Morgan fingerprint density at radius 1 is 1.14 bits per heavy atom. The zero-order valence-corrected chi connectivity index (χ0v) is 23.2. The SMILES string of the molecule is Cc1c(C(C)CNC(=O)OC(C)(C)C)sc2c(N(Cc3cccs3)C(=O)OC(C)(C)C)cnnc12. The number of amides is 2. The second-order valence-electron chi connectivity index (χ2n) is 10.4. The summed E-state index contributed by atoms with van der Waals surface area (Å²) in [5.74, 6) is 0.0156. The number of carbonyl (C=O) groups excluding carboxylic acids is 2. The molecule has 0 radical (unpaired) electrons.